The number of nitrogens with one attached hydrogen (secondary N) is 1. The molecule has 1 spiro atoms. The summed E-state index contributed by atoms with van der Waals surface area (Å²) in [5.74, 6) is -0.861. The number of ether oxygens (including phenoxy) is 1. The zero-order valence-electron chi connectivity index (χ0n) is 28.4. The molecule has 1 aromatic carbocycles. The van der Waals surface area contributed by atoms with E-state index in [1.54, 1.807) is 9.80 Å². The van der Waals surface area contributed by atoms with Crippen molar-refractivity contribution in [1.82, 2.24) is 24.9 Å². The Hall–Kier alpha value is -2.68. The van der Waals surface area contributed by atoms with Crippen molar-refractivity contribution in [3.63, 3.8) is 0 Å². The monoisotopic (exact) mass is 721 g/mol. The summed E-state index contributed by atoms with van der Waals surface area (Å²) >= 11 is 6.03. The van der Waals surface area contributed by atoms with E-state index >= 15 is 0 Å². The van der Waals surface area contributed by atoms with Gasteiger partial charge in [0.2, 0.25) is 12.3 Å². The molecule has 6 saturated heterocycles. The van der Waals surface area contributed by atoms with Crippen LogP contribution in [0.5, 0.6) is 5.75 Å². The van der Waals surface area contributed by atoms with Gasteiger partial charge >= 0.3 is 6.18 Å². The highest BCUT2D eigenvalue weighted by atomic mass is 35.5. The molecule has 0 saturated carbocycles. The van der Waals surface area contributed by atoms with Gasteiger partial charge in [-0.05, 0) is 80.3 Å². The number of rotatable bonds is 7. The Kier molecular flexibility index (Phi) is 9.79. The van der Waals surface area contributed by atoms with Gasteiger partial charge in [0.25, 0.3) is 5.91 Å². The molecule has 6 heterocycles. The van der Waals surface area contributed by atoms with Gasteiger partial charge in [-0.2, -0.15) is 13.2 Å². The van der Waals surface area contributed by atoms with Crippen LogP contribution in [-0.4, -0.2) is 119 Å². The van der Waals surface area contributed by atoms with Crippen LogP contribution >= 0.6 is 11.6 Å². The minimum absolute atomic E-state index is 0.0284. The Morgan fingerprint density at radius 1 is 1.10 bits per heavy atom. The fourth-order valence-electron chi connectivity index (χ4n) is 9.50. The number of fused-ring (bicyclic) bond motifs is 5. The number of piperazine rings is 1. The Bertz CT molecular complexity index is 1530. The Morgan fingerprint density at radius 2 is 1.80 bits per heavy atom. The number of carbonyl (C=O) groups excluding carboxylic acids is 2. The number of carbonyl (C=O) groups is 2. The van der Waals surface area contributed by atoms with Crippen molar-refractivity contribution in [1.29, 1.82) is 0 Å². The van der Waals surface area contributed by atoms with Gasteiger partial charge in [0.05, 0.1) is 10.6 Å². The van der Waals surface area contributed by atoms with Crippen LogP contribution in [0.25, 0.3) is 0 Å². The van der Waals surface area contributed by atoms with Crippen molar-refractivity contribution in [2.75, 3.05) is 58.9 Å². The molecule has 4 atom stereocenters. The van der Waals surface area contributed by atoms with E-state index in [-0.39, 0.29) is 28.7 Å². The SMILES string of the molecule is CC12CC=CC=C1NC(=O)CC21CCN(C(O)O[C@H](Cc2cc(Cl)c(O)c(C(F)(F)F)c2)C(=O)N2CCN(C3CN4CCC3CC4)CC2)CC1. The molecule has 2 bridgehead atoms. The number of aromatic hydroxyl groups is 1. The number of allylic oxidation sites excluding steroid dienone is 4. The Morgan fingerprint density at radius 3 is 2.44 bits per heavy atom. The van der Waals surface area contributed by atoms with Crippen LogP contribution in [0.3, 0.4) is 0 Å². The number of hydrogen-bond donors (Lipinski definition) is 3. The molecule has 1 aliphatic carbocycles. The molecule has 7 aliphatic rings. The number of phenolic OH excluding ortho intramolecular Hbond substituents is 1. The van der Waals surface area contributed by atoms with Crippen molar-refractivity contribution in [2.45, 2.75) is 76.6 Å². The molecule has 3 unspecified atom stereocenters. The van der Waals surface area contributed by atoms with Crippen LogP contribution in [0.4, 0.5) is 13.2 Å². The number of benzene rings is 1. The molecular formula is C36H47ClF3N5O5. The molecule has 14 heteroatoms. The number of nitrogens with zero attached hydrogens (tertiary/aromatic N) is 4. The summed E-state index contributed by atoms with van der Waals surface area (Å²) in [5.41, 5.74) is -0.915. The van der Waals surface area contributed by atoms with Gasteiger partial charge in [-0.3, -0.25) is 19.4 Å². The van der Waals surface area contributed by atoms with Gasteiger partial charge in [-0.1, -0.05) is 30.7 Å². The van der Waals surface area contributed by atoms with E-state index in [1.165, 1.54) is 18.9 Å². The summed E-state index contributed by atoms with van der Waals surface area (Å²) in [4.78, 5) is 35.2. The molecule has 0 aromatic heterocycles. The van der Waals surface area contributed by atoms with E-state index in [4.69, 9.17) is 16.3 Å². The Balaban J connectivity index is 1.06. The van der Waals surface area contributed by atoms with E-state index in [1.807, 2.05) is 12.2 Å². The molecule has 3 N–H and O–H groups in total. The number of likely N-dealkylation sites (tertiary alicyclic amines) is 1. The molecular weight excluding hydrogens is 675 g/mol. The number of piperidine rings is 5. The predicted molar refractivity (Wildman–Crippen MR) is 180 cm³/mol. The number of aliphatic hydroxyl groups excluding tert-OH is 1. The van der Waals surface area contributed by atoms with Gasteiger partial charge in [-0.15, -0.1) is 0 Å². The van der Waals surface area contributed by atoms with E-state index in [0.717, 1.165) is 37.8 Å². The molecule has 8 rings (SSSR count). The fourth-order valence-corrected chi connectivity index (χ4v) is 9.74. The minimum atomic E-state index is -4.87. The third kappa shape index (κ3) is 6.69. The van der Waals surface area contributed by atoms with Crippen molar-refractivity contribution >= 4 is 23.4 Å². The van der Waals surface area contributed by atoms with Gasteiger partial charge in [0, 0.05) is 75.8 Å². The molecule has 2 amide bonds. The predicted octanol–water partition coefficient (Wildman–Crippen LogP) is 3.96. The molecule has 1 aromatic rings. The second-order valence-corrected chi connectivity index (χ2v) is 15.7. The van der Waals surface area contributed by atoms with Crippen LogP contribution in [0.15, 0.2) is 36.1 Å². The molecule has 6 aliphatic heterocycles. The smallest absolute Gasteiger partial charge is 0.420 e. The second kappa shape index (κ2) is 13.7. The third-order valence-corrected chi connectivity index (χ3v) is 12.9. The minimum Gasteiger partial charge on any atom is -0.506 e. The summed E-state index contributed by atoms with van der Waals surface area (Å²) < 4.78 is 47.5. The average Bonchev–Trinajstić information content (AvgIpc) is 3.10. The van der Waals surface area contributed by atoms with E-state index in [0.29, 0.717) is 70.5 Å². The normalized spacial score (nSPS) is 31.2. The highest BCUT2D eigenvalue weighted by Crippen LogP contribution is 2.58. The summed E-state index contributed by atoms with van der Waals surface area (Å²) in [7, 11) is 0. The standard InChI is InChI=1S/C36H47ClF3N5O5/c1-34-7-3-2-4-29(34)41-30(46)21-35(34)8-12-45(13-9-35)33(49)50-28(20-23-18-25(36(38,39)40)31(47)26(37)19-23)32(48)44-16-14-43(15-17-44)27-22-42-10-5-24(27)6-11-42/h2-4,18-19,24,27-28,33,47,49H,5-17,20-22H2,1H3,(H,41,46)/t27?,28-,33?,34?/m1/s1. The summed E-state index contributed by atoms with van der Waals surface area (Å²) in [6.45, 7) is 8.56. The first-order valence-corrected chi connectivity index (χ1v) is 18.2. The van der Waals surface area contributed by atoms with Crippen LogP contribution in [-0.2, 0) is 26.9 Å². The zero-order chi connectivity index (χ0) is 35.4. The van der Waals surface area contributed by atoms with Crippen LogP contribution in [0.2, 0.25) is 5.02 Å². The van der Waals surface area contributed by atoms with Gasteiger partial charge < -0.3 is 30.1 Å². The molecule has 10 nitrogen and oxygen atoms in total. The molecule has 50 heavy (non-hydrogen) atoms. The first kappa shape index (κ1) is 35.7. The average molecular weight is 722 g/mol. The maximum atomic E-state index is 14.1. The highest BCUT2D eigenvalue weighted by Gasteiger charge is 2.55. The molecule has 0 radical (unpaired) electrons. The first-order valence-electron chi connectivity index (χ1n) is 17.8. The number of aliphatic hydroxyl groups is 1. The summed E-state index contributed by atoms with van der Waals surface area (Å²) in [5, 5.41) is 24.1. The van der Waals surface area contributed by atoms with E-state index in [9.17, 15) is 33.0 Å². The Labute approximate surface area is 295 Å². The van der Waals surface area contributed by atoms with E-state index < -0.39 is 40.9 Å². The maximum absolute atomic E-state index is 14.1. The van der Waals surface area contributed by atoms with Crippen LogP contribution < -0.4 is 5.32 Å². The quantitative estimate of drug-likeness (QED) is 0.364. The molecule has 274 valence electrons. The van der Waals surface area contributed by atoms with Crippen LogP contribution in [0, 0.1) is 16.7 Å². The molecule has 6 fully saturated rings. The van der Waals surface area contributed by atoms with Crippen molar-refractivity contribution in [2.24, 2.45) is 16.7 Å². The van der Waals surface area contributed by atoms with Gasteiger partial charge in [0.15, 0.2) is 0 Å². The lowest BCUT2D eigenvalue weighted by molar-refractivity contribution is -0.231. The number of amides is 2. The number of phenols is 1. The summed E-state index contributed by atoms with van der Waals surface area (Å²) in [6, 6.07) is 2.45. The van der Waals surface area contributed by atoms with Gasteiger partial charge in [-0.25, -0.2) is 0 Å². The number of alkyl halides is 3. The van der Waals surface area contributed by atoms with Gasteiger partial charge in [0.1, 0.15) is 11.9 Å². The lowest BCUT2D eigenvalue weighted by Gasteiger charge is -2.57. The fraction of sp³-hybridized carbons (Fsp3) is 0.667. The van der Waals surface area contributed by atoms with Crippen molar-refractivity contribution in [3.05, 3.63) is 52.2 Å². The first-order chi connectivity index (χ1) is 23.8. The van der Waals surface area contributed by atoms with E-state index in [2.05, 4.69) is 28.1 Å². The number of halogens is 4. The van der Waals surface area contributed by atoms with Crippen molar-refractivity contribution < 1.29 is 37.7 Å². The summed E-state index contributed by atoms with van der Waals surface area (Å²) in [6.07, 6.45) is 2.83. The third-order valence-electron chi connectivity index (χ3n) is 12.7. The largest absolute Gasteiger partial charge is 0.506 e. The number of hydrogen-bond acceptors (Lipinski definition) is 8. The van der Waals surface area contributed by atoms with Crippen LogP contribution in [0.1, 0.15) is 56.6 Å². The topological polar surface area (TPSA) is 109 Å². The maximum Gasteiger partial charge on any atom is 0.420 e. The second-order valence-electron chi connectivity index (χ2n) is 15.3. The van der Waals surface area contributed by atoms with Crippen molar-refractivity contribution in [3.8, 4) is 5.75 Å². The lowest BCUT2D eigenvalue weighted by Crippen LogP contribution is -2.62. The zero-order valence-corrected chi connectivity index (χ0v) is 29.2. The lowest BCUT2D eigenvalue weighted by atomic mass is 9.53. The highest BCUT2D eigenvalue weighted by molar-refractivity contribution is 6.32.